The summed E-state index contributed by atoms with van der Waals surface area (Å²) in [6.07, 6.45) is 8.36. The van der Waals surface area contributed by atoms with Crippen molar-refractivity contribution in [1.82, 2.24) is 20.2 Å². The largest absolute Gasteiger partial charge is 0.493 e. The number of halogens is 1. The van der Waals surface area contributed by atoms with Crippen LogP contribution in [-0.2, 0) is 9.59 Å². The van der Waals surface area contributed by atoms with Crippen LogP contribution in [0, 0.1) is 0 Å². The Bertz CT molecular complexity index is 1670. The molecule has 4 rings (SSSR count). The minimum absolute atomic E-state index is 0.0307. The van der Waals surface area contributed by atoms with Crippen LogP contribution in [0.3, 0.4) is 0 Å². The summed E-state index contributed by atoms with van der Waals surface area (Å²) in [6.45, 7) is 6.06. The molecule has 11 heteroatoms. The molecule has 0 radical (unpaired) electrons. The number of hydrogen-bond acceptors (Lipinski definition) is 8. The summed E-state index contributed by atoms with van der Waals surface area (Å²) in [6, 6.07) is 16.4. The van der Waals surface area contributed by atoms with Gasteiger partial charge in [0.15, 0.2) is 11.5 Å². The molecule has 2 aromatic heterocycles. The van der Waals surface area contributed by atoms with Crippen LogP contribution in [-0.4, -0.2) is 72.9 Å². The van der Waals surface area contributed by atoms with Gasteiger partial charge in [0.05, 0.1) is 21.3 Å². The third-order valence-corrected chi connectivity index (χ3v) is 9.38. The molecule has 1 N–H and O–H groups in total. The smallest absolute Gasteiger partial charge is 0.295 e. The van der Waals surface area contributed by atoms with E-state index in [2.05, 4.69) is 29.1 Å². The predicted molar refractivity (Wildman–Crippen MR) is 193 cm³/mol. The summed E-state index contributed by atoms with van der Waals surface area (Å²) < 4.78 is 16.2. The standard InChI is InChI=1S/C39H45ClN4O6/c1-24(28-10-8-16-41-22-28)18-32(19-25(2)29-11-9-17-42-23-29)43-38(46)35(26(3)27-12-14-31(40)15-13-27)44(4)39(47)36(45)30-20-33(48-5)37(50-7)34(21-30)49-6/h8-17,20-26,32,35H,18-19H2,1-7H3,(H,43,46). The third-order valence-electron chi connectivity index (χ3n) is 9.13. The molecule has 0 saturated heterocycles. The minimum Gasteiger partial charge on any atom is -0.493 e. The monoisotopic (exact) mass is 700 g/mol. The van der Waals surface area contributed by atoms with E-state index in [-0.39, 0.29) is 46.6 Å². The highest BCUT2D eigenvalue weighted by molar-refractivity contribution is 6.43. The molecule has 0 aliphatic heterocycles. The van der Waals surface area contributed by atoms with Crippen molar-refractivity contribution in [2.75, 3.05) is 28.4 Å². The van der Waals surface area contributed by atoms with E-state index >= 15 is 0 Å². The molecule has 50 heavy (non-hydrogen) atoms. The normalized spacial score (nSPS) is 14.0. The topological polar surface area (TPSA) is 120 Å². The Kier molecular flexibility index (Phi) is 13.3. The number of carbonyl (C=O) groups is 3. The highest BCUT2D eigenvalue weighted by Gasteiger charge is 2.37. The van der Waals surface area contributed by atoms with Crippen molar-refractivity contribution in [3.05, 3.63) is 113 Å². The van der Waals surface area contributed by atoms with Gasteiger partial charge in [0.25, 0.3) is 11.7 Å². The first-order valence-electron chi connectivity index (χ1n) is 16.5. The fourth-order valence-electron chi connectivity index (χ4n) is 6.27. The van der Waals surface area contributed by atoms with Crippen molar-refractivity contribution in [3.8, 4) is 17.2 Å². The molecule has 0 aliphatic carbocycles. The van der Waals surface area contributed by atoms with Gasteiger partial charge in [-0.2, -0.15) is 0 Å². The number of hydrogen-bond donors (Lipinski definition) is 1. The molecule has 0 bridgehead atoms. The molecule has 2 heterocycles. The molecule has 2 aromatic carbocycles. The lowest BCUT2D eigenvalue weighted by Crippen LogP contribution is -2.54. The fourth-order valence-corrected chi connectivity index (χ4v) is 6.40. The Balaban J connectivity index is 1.69. The van der Waals surface area contributed by atoms with Gasteiger partial charge in [0.2, 0.25) is 11.7 Å². The molecule has 10 nitrogen and oxygen atoms in total. The lowest BCUT2D eigenvalue weighted by molar-refractivity contribution is -0.137. The van der Waals surface area contributed by atoms with Gasteiger partial charge in [-0.1, -0.05) is 56.6 Å². The maximum Gasteiger partial charge on any atom is 0.295 e. The molecule has 0 aliphatic rings. The number of pyridine rings is 2. The van der Waals surface area contributed by atoms with E-state index in [4.69, 9.17) is 25.8 Å². The second-order valence-electron chi connectivity index (χ2n) is 12.5. The van der Waals surface area contributed by atoms with Crippen LogP contribution in [0.1, 0.15) is 78.4 Å². The van der Waals surface area contributed by atoms with Crippen molar-refractivity contribution >= 4 is 29.2 Å². The minimum atomic E-state index is -1.06. The number of ketones is 1. The lowest BCUT2D eigenvalue weighted by atomic mass is 9.87. The number of benzene rings is 2. The molecule has 264 valence electrons. The molecule has 4 atom stereocenters. The van der Waals surface area contributed by atoms with Gasteiger partial charge in [0, 0.05) is 54.4 Å². The van der Waals surface area contributed by atoms with Gasteiger partial charge in [0.1, 0.15) is 6.04 Å². The molecule has 0 spiro atoms. The fraction of sp³-hybridized carbons (Fsp3) is 0.359. The third kappa shape index (κ3) is 9.18. The number of nitrogens with one attached hydrogen (secondary N) is 1. The van der Waals surface area contributed by atoms with Gasteiger partial charge in [-0.05, 0) is 77.8 Å². The summed E-state index contributed by atoms with van der Waals surface area (Å²) >= 11 is 6.19. The zero-order valence-corrected chi connectivity index (χ0v) is 30.3. The van der Waals surface area contributed by atoms with Gasteiger partial charge in [-0.3, -0.25) is 24.4 Å². The van der Waals surface area contributed by atoms with Crippen LogP contribution < -0.4 is 19.5 Å². The average Bonchev–Trinajstić information content (AvgIpc) is 3.14. The predicted octanol–water partition coefficient (Wildman–Crippen LogP) is 6.84. The number of methoxy groups -OCH3 is 3. The number of carbonyl (C=O) groups excluding carboxylic acids is 3. The van der Waals surface area contributed by atoms with Gasteiger partial charge in [-0.25, -0.2) is 0 Å². The number of likely N-dealkylation sites (N-methyl/N-ethyl adjacent to an activating group) is 1. The Hall–Kier alpha value is -4.96. The van der Waals surface area contributed by atoms with Crippen LogP contribution >= 0.6 is 11.6 Å². The second-order valence-corrected chi connectivity index (χ2v) is 12.9. The first-order valence-corrected chi connectivity index (χ1v) is 16.8. The van der Waals surface area contributed by atoms with Crippen molar-refractivity contribution in [3.63, 3.8) is 0 Å². The van der Waals surface area contributed by atoms with E-state index in [0.717, 1.165) is 16.7 Å². The lowest BCUT2D eigenvalue weighted by Gasteiger charge is -2.34. The zero-order valence-electron chi connectivity index (χ0n) is 29.6. The Labute approximate surface area is 299 Å². The van der Waals surface area contributed by atoms with Gasteiger partial charge >= 0.3 is 0 Å². The number of ether oxygens (including phenoxy) is 3. The van der Waals surface area contributed by atoms with Crippen molar-refractivity contribution in [2.45, 2.75) is 63.5 Å². The zero-order chi connectivity index (χ0) is 36.4. The SMILES string of the molecule is COc1cc(C(=O)C(=O)N(C)C(C(=O)NC(CC(C)c2cccnc2)CC(C)c2cccnc2)C(C)c2ccc(Cl)cc2)cc(OC)c1OC. The van der Waals surface area contributed by atoms with Crippen LogP contribution in [0.4, 0.5) is 0 Å². The Morgan fingerprint density at radius 3 is 1.74 bits per heavy atom. The van der Waals surface area contributed by atoms with Crippen LogP contribution in [0.2, 0.25) is 5.02 Å². The summed E-state index contributed by atoms with van der Waals surface area (Å²) in [7, 11) is 5.77. The summed E-state index contributed by atoms with van der Waals surface area (Å²) in [4.78, 5) is 52.1. The number of nitrogens with zero attached hydrogens (tertiary/aromatic N) is 3. The second kappa shape index (κ2) is 17.6. The maximum absolute atomic E-state index is 14.5. The summed E-state index contributed by atoms with van der Waals surface area (Å²) in [5.74, 6) is -1.72. The van der Waals surface area contributed by atoms with E-state index < -0.39 is 23.7 Å². The average molecular weight is 701 g/mol. The maximum atomic E-state index is 14.5. The van der Waals surface area contributed by atoms with Gasteiger partial charge < -0.3 is 24.4 Å². The van der Waals surface area contributed by atoms with E-state index in [1.807, 2.05) is 55.7 Å². The van der Waals surface area contributed by atoms with Crippen LogP contribution in [0.25, 0.3) is 0 Å². The number of amides is 2. The number of rotatable bonds is 16. The molecular weight excluding hydrogens is 656 g/mol. The number of Topliss-reactive ketones (excluding diaryl/α,β-unsaturated/α-hetero) is 1. The Morgan fingerprint density at radius 2 is 1.30 bits per heavy atom. The van der Waals surface area contributed by atoms with E-state index in [1.54, 1.807) is 24.5 Å². The number of aromatic nitrogens is 2. The molecule has 0 saturated carbocycles. The van der Waals surface area contributed by atoms with Crippen molar-refractivity contribution in [2.24, 2.45) is 0 Å². The molecule has 0 fully saturated rings. The molecule has 4 unspecified atom stereocenters. The van der Waals surface area contributed by atoms with Gasteiger partial charge in [-0.15, -0.1) is 0 Å². The first-order chi connectivity index (χ1) is 24.0. The van der Waals surface area contributed by atoms with Crippen molar-refractivity contribution < 1.29 is 28.6 Å². The van der Waals surface area contributed by atoms with Crippen LogP contribution in [0.5, 0.6) is 17.2 Å². The summed E-state index contributed by atoms with van der Waals surface area (Å²) in [5, 5.41) is 3.82. The summed E-state index contributed by atoms with van der Waals surface area (Å²) in [5.41, 5.74) is 2.91. The molecule has 4 aromatic rings. The van der Waals surface area contributed by atoms with Crippen LogP contribution in [0.15, 0.2) is 85.5 Å². The van der Waals surface area contributed by atoms with E-state index in [1.165, 1.54) is 45.4 Å². The van der Waals surface area contributed by atoms with E-state index in [9.17, 15) is 14.4 Å². The highest BCUT2D eigenvalue weighted by Crippen LogP contribution is 2.38. The van der Waals surface area contributed by atoms with E-state index in [0.29, 0.717) is 17.9 Å². The molecule has 2 amide bonds. The van der Waals surface area contributed by atoms with Crippen molar-refractivity contribution in [1.29, 1.82) is 0 Å². The Morgan fingerprint density at radius 1 is 0.780 bits per heavy atom. The quantitative estimate of drug-likeness (QED) is 0.0997. The highest BCUT2D eigenvalue weighted by atomic mass is 35.5. The molecular formula is C39H45ClN4O6. The first kappa shape index (κ1) is 37.9.